The maximum absolute atomic E-state index is 9.27. The molecule has 0 bridgehead atoms. The van der Waals surface area contributed by atoms with E-state index < -0.39 is 0 Å². The molecule has 0 unspecified atom stereocenters. The molecule has 2 atom stereocenters. The Balaban J connectivity index is 1.62. The Bertz CT molecular complexity index is 929. The number of benzene rings is 1. The van der Waals surface area contributed by atoms with E-state index in [9.17, 15) is 5.11 Å². The molecule has 0 radical (unpaired) electrons. The van der Waals surface area contributed by atoms with Crippen molar-refractivity contribution in [3.05, 3.63) is 47.0 Å². The van der Waals surface area contributed by atoms with Gasteiger partial charge in [0.05, 0.1) is 19.0 Å². The standard InChI is InChI=1S/C18H20ClN5O2/c1-11-3-2-4-12(7-11)8-20-16-15-17(23-18(19)22-16)24(10-21-15)14-6-5-13(9-25)26-14/h2-4,7,10,13-14,25H,5-6,8-9H2,1H3,(H,20,22,23)/t13-,14-/m1/s1. The lowest BCUT2D eigenvalue weighted by atomic mass is 10.1. The molecule has 3 aromatic rings. The molecule has 2 N–H and O–H groups in total. The summed E-state index contributed by atoms with van der Waals surface area (Å²) in [5, 5.41) is 12.7. The fraction of sp³-hybridized carbons (Fsp3) is 0.389. The zero-order valence-electron chi connectivity index (χ0n) is 14.4. The van der Waals surface area contributed by atoms with Crippen LogP contribution in [0.1, 0.15) is 30.2 Å². The molecule has 1 fully saturated rings. The number of halogens is 1. The minimum Gasteiger partial charge on any atom is -0.394 e. The normalized spacial score (nSPS) is 20.0. The zero-order valence-corrected chi connectivity index (χ0v) is 15.1. The topological polar surface area (TPSA) is 85.1 Å². The summed E-state index contributed by atoms with van der Waals surface area (Å²) in [7, 11) is 0. The van der Waals surface area contributed by atoms with Crippen molar-refractivity contribution in [2.24, 2.45) is 0 Å². The summed E-state index contributed by atoms with van der Waals surface area (Å²) in [6.07, 6.45) is 2.95. The van der Waals surface area contributed by atoms with Gasteiger partial charge in [0, 0.05) is 6.54 Å². The van der Waals surface area contributed by atoms with E-state index in [1.807, 2.05) is 10.6 Å². The molecule has 0 spiro atoms. The monoisotopic (exact) mass is 373 g/mol. The van der Waals surface area contributed by atoms with Gasteiger partial charge in [0.15, 0.2) is 17.0 Å². The molecule has 2 aromatic heterocycles. The van der Waals surface area contributed by atoms with Crippen LogP contribution < -0.4 is 5.32 Å². The van der Waals surface area contributed by atoms with E-state index in [1.165, 1.54) is 5.56 Å². The first-order valence-electron chi connectivity index (χ1n) is 8.60. The molecule has 1 aliphatic heterocycles. The minimum atomic E-state index is -0.201. The van der Waals surface area contributed by atoms with E-state index in [0.29, 0.717) is 23.5 Å². The SMILES string of the molecule is Cc1cccc(CNc2nc(Cl)nc3c2ncn3[C@H]2CC[C@H](CO)O2)c1. The van der Waals surface area contributed by atoms with Crippen LogP contribution in [0.2, 0.25) is 5.28 Å². The number of aliphatic hydroxyl groups is 1. The van der Waals surface area contributed by atoms with Crippen molar-refractivity contribution >= 4 is 28.6 Å². The molecule has 0 amide bonds. The van der Waals surface area contributed by atoms with Crippen molar-refractivity contribution in [1.82, 2.24) is 19.5 Å². The number of hydrogen-bond acceptors (Lipinski definition) is 6. The van der Waals surface area contributed by atoms with Crippen LogP contribution in [-0.4, -0.2) is 37.3 Å². The molecule has 0 aliphatic carbocycles. The Kier molecular flexibility index (Phi) is 4.76. The number of nitrogens with zero attached hydrogens (tertiary/aromatic N) is 4. The molecular formula is C18H20ClN5O2. The van der Waals surface area contributed by atoms with Gasteiger partial charge in [-0.3, -0.25) is 4.57 Å². The molecule has 136 valence electrons. The molecule has 8 heteroatoms. The molecule has 1 saturated heterocycles. The molecule has 7 nitrogen and oxygen atoms in total. The van der Waals surface area contributed by atoms with E-state index in [1.54, 1.807) is 6.33 Å². The van der Waals surface area contributed by atoms with Gasteiger partial charge in [-0.2, -0.15) is 9.97 Å². The number of aryl methyl sites for hydroxylation is 1. The molecule has 0 saturated carbocycles. The summed E-state index contributed by atoms with van der Waals surface area (Å²) in [5.41, 5.74) is 3.63. The minimum absolute atomic E-state index is 0.0160. The summed E-state index contributed by atoms with van der Waals surface area (Å²) >= 11 is 6.14. The highest BCUT2D eigenvalue weighted by Gasteiger charge is 2.28. The maximum Gasteiger partial charge on any atom is 0.226 e. The first-order valence-corrected chi connectivity index (χ1v) is 8.97. The first-order chi connectivity index (χ1) is 12.6. The number of hydrogen-bond donors (Lipinski definition) is 2. The highest BCUT2D eigenvalue weighted by molar-refractivity contribution is 6.28. The highest BCUT2D eigenvalue weighted by Crippen LogP contribution is 2.31. The molecular weight excluding hydrogens is 354 g/mol. The number of aromatic nitrogens is 4. The number of imidazole rings is 1. The first kappa shape index (κ1) is 17.2. The third-order valence-electron chi connectivity index (χ3n) is 4.54. The predicted octanol–water partition coefficient (Wildman–Crippen LogP) is 3.07. The van der Waals surface area contributed by atoms with Gasteiger partial charge in [-0.1, -0.05) is 29.8 Å². The second-order valence-corrected chi connectivity index (χ2v) is 6.82. The lowest BCUT2D eigenvalue weighted by Gasteiger charge is -2.14. The van der Waals surface area contributed by atoms with Gasteiger partial charge >= 0.3 is 0 Å². The van der Waals surface area contributed by atoms with Gasteiger partial charge in [0.1, 0.15) is 6.23 Å². The Labute approximate surface area is 156 Å². The summed E-state index contributed by atoms with van der Waals surface area (Å²) in [5.74, 6) is 0.594. The van der Waals surface area contributed by atoms with Crippen molar-refractivity contribution < 1.29 is 9.84 Å². The van der Waals surface area contributed by atoms with E-state index in [4.69, 9.17) is 16.3 Å². The van der Waals surface area contributed by atoms with Gasteiger partial charge in [0.2, 0.25) is 5.28 Å². The maximum atomic E-state index is 9.27. The number of fused-ring (bicyclic) bond motifs is 1. The second kappa shape index (κ2) is 7.19. The predicted molar refractivity (Wildman–Crippen MR) is 99.1 cm³/mol. The van der Waals surface area contributed by atoms with E-state index in [0.717, 1.165) is 18.4 Å². The highest BCUT2D eigenvalue weighted by atomic mass is 35.5. The van der Waals surface area contributed by atoms with Crippen molar-refractivity contribution in [3.63, 3.8) is 0 Å². The lowest BCUT2D eigenvalue weighted by molar-refractivity contribution is -0.0207. The van der Waals surface area contributed by atoms with Gasteiger partial charge in [-0.15, -0.1) is 0 Å². The van der Waals surface area contributed by atoms with Crippen LogP contribution >= 0.6 is 11.6 Å². The van der Waals surface area contributed by atoms with Gasteiger partial charge in [-0.25, -0.2) is 4.98 Å². The smallest absolute Gasteiger partial charge is 0.226 e. The summed E-state index contributed by atoms with van der Waals surface area (Å²) in [6, 6.07) is 8.26. The third-order valence-corrected chi connectivity index (χ3v) is 4.70. The van der Waals surface area contributed by atoms with Crippen molar-refractivity contribution in [1.29, 1.82) is 0 Å². The average Bonchev–Trinajstić information content (AvgIpc) is 3.26. The Hall–Kier alpha value is -2.22. The van der Waals surface area contributed by atoms with Crippen LogP contribution in [0.15, 0.2) is 30.6 Å². The van der Waals surface area contributed by atoms with Crippen LogP contribution in [0, 0.1) is 6.92 Å². The van der Waals surface area contributed by atoms with Crippen molar-refractivity contribution in [2.75, 3.05) is 11.9 Å². The van der Waals surface area contributed by atoms with Crippen molar-refractivity contribution in [2.45, 2.75) is 38.6 Å². The summed E-state index contributed by atoms with van der Waals surface area (Å²) < 4.78 is 7.69. The third kappa shape index (κ3) is 3.38. The van der Waals surface area contributed by atoms with Gasteiger partial charge in [-0.05, 0) is 36.9 Å². The fourth-order valence-corrected chi connectivity index (χ4v) is 3.42. The number of aliphatic hydroxyl groups excluding tert-OH is 1. The van der Waals surface area contributed by atoms with Crippen LogP contribution in [0.25, 0.3) is 11.2 Å². The number of rotatable bonds is 5. The lowest BCUT2D eigenvalue weighted by Crippen LogP contribution is -2.14. The molecule has 26 heavy (non-hydrogen) atoms. The summed E-state index contributed by atoms with van der Waals surface area (Å²) in [6.45, 7) is 2.69. The Morgan fingerprint density at radius 1 is 1.35 bits per heavy atom. The van der Waals surface area contributed by atoms with Crippen LogP contribution in [0.5, 0.6) is 0 Å². The zero-order chi connectivity index (χ0) is 18.1. The fourth-order valence-electron chi connectivity index (χ4n) is 3.26. The molecule has 1 aromatic carbocycles. The number of ether oxygens (including phenoxy) is 1. The van der Waals surface area contributed by atoms with Gasteiger partial charge < -0.3 is 15.2 Å². The van der Waals surface area contributed by atoms with E-state index >= 15 is 0 Å². The van der Waals surface area contributed by atoms with Crippen LogP contribution in [-0.2, 0) is 11.3 Å². The molecule has 4 rings (SSSR count). The van der Waals surface area contributed by atoms with E-state index in [-0.39, 0.29) is 24.2 Å². The van der Waals surface area contributed by atoms with Crippen LogP contribution in [0.3, 0.4) is 0 Å². The average molecular weight is 374 g/mol. The Morgan fingerprint density at radius 2 is 2.23 bits per heavy atom. The second-order valence-electron chi connectivity index (χ2n) is 6.48. The number of anilines is 1. The number of nitrogens with one attached hydrogen (secondary N) is 1. The molecule has 3 heterocycles. The Morgan fingerprint density at radius 3 is 3.00 bits per heavy atom. The van der Waals surface area contributed by atoms with Crippen molar-refractivity contribution in [3.8, 4) is 0 Å². The van der Waals surface area contributed by atoms with Gasteiger partial charge in [0.25, 0.3) is 0 Å². The van der Waals surface area contributed by atoms with Crippen LogP contribution in [0.4, 0.5) is 5.82 Å². The molecule has 1 aliphatic rings. The largest absolute Gasteiger partial charge is 0.394 e. The van der Waals surface area contributed by atoms with E-state index in [2.05, 4.69) is 45.4 Å². The quantitative estimate of drug-likeness (QED) is 0.668. The summed E-state index contributed by atoms with van der Waals surface area (Å²) in [4.78, 5) is 13.1.